The number of allylic oxidation sites excluding steroid dienone is 3. The van der Waals surface area contributed by atoms with Crippen molar-refractivity contribution in [3.8, 4) is 0 Å². The van der Waals surface area contributed by atoms with Crippen LogP contribution in [0.5, 0.6) is 0 Å². The van der Waals surface area contributed by atoms with Crippen LogP contribution in [0.1, 0.15) is 17.5 Å². The monoisotopic (exact) mass is 444 g/mol. The molecule has 0 spiro atoms. The normalized spacial score (nSPS) is 22.7. The van der Waals surface area contributed by atoms with Crippen molar-refractivity contribution in [2.45, 2.75) is 19.0 Å². The Morgan fingerprint density at radius 1 is 1.24 bits per heavy atom. The minimum absolute atomic E-state index is 0.0319. The highest BCUT2D eigenvalue weighted by Gasteiger charge is 2.40. The van der Waals surface area contributed by atoms with E-state index in [1.54, 1.807) is 12.2 Å². The average molecular weight is 445 g/mol. The molecule has 0 saturated carbocycles. The van der Waals surface area contributed by atoms with Gasteiger partial charge in [-0.2, -0.15) is 0 Å². The van der Waals surface area contributed by atoms with Gasteiger partial charge in [0.2, 0.25) is 5.96 Å². The van der Waals surface area contributed by atoms with E-state index in [1.165, 1.54) is 5.56 Å². The summed E-state index contributed by atoms with van der Waals surface area (Å²) in [5, 5.41) is 13.0. The van der Waals surface area contributed by atoms with E-state index in [4.69, 9.17) is 9.73 Å². The number of nitrogens with one attached hydrogen (secondary N) is 1. The third-order valence-corrected chi connectivity index (χ3v) is 6.48. The molecule has 1 unspecified atom stereocenters. The number of rotatable bonds is 4. The summed E-state index contributed by atoms with van der Waals surface area (Å²) in [6.45, 7) is 7.14. The van der Waals surface area contributed by atoms with Gasteiger partial charge in [-0.3, -0.25) is 4.79 Å². The highest BCUT2D eigenvalue weighted by Crippen LogP contribution is 2.35. The van der Waals surface area contributed by atoms with E-state index in [0.29, 0.717) is 32.6 Å². The van der Waals surface area contributed by atoms with Crippen molar-refractivity contribution in [1.29, 1.82) is 0 Å². The summed E-state index contributed by atoms with van der Waals surface area (Å²) in [6, 6.07) is 8.14. The van der Waals surface area contributed by atoms with Crippen molar-refractivity contribution in [3.63, 3.8) is 0 Å². The summed E-state index contributed by atoms with van der Waals surface area (Å²) in [6.07, 6.45) is 9.20. The van der Waals surface area contributed by atoms with Gasteiger partial charge in [-0.25, -0.2) is 4.99 Å². The number of carbonyl (C=O) groups is 1. The molecule has 0 aromatic heterocycles. The zero-order valence-corrected chi connectivity index (χ0v) is 18.5. The van der Waals surface area contributed by atoms with Crippen molar-refractivity contribution < 1.29 is 14.6 Å². The van der Waals surface area contributed by atoms with Crippen molar-refractivity contribution >= 4 is 17.9 Å². The highest BCUT2D eigenvalue weighted by molar-refractivity contribution is 6.01. The van der Waals surface area contributed by atoms with Gasteiger partial charge in [0.1, 0.15) is 0 Å². The van der Waals surface area contributed by atoms with E-state index < -0.39 is 0 Å². The van der Waals surface area contributed by atoms with Crippen LogP contribution in [0, 0.1) is 0 Å². The Hall–Kier alpha value is -3.58. The van der Waals surface area contributed by atoms with Crippen LogP contribution in [0.2, 0.25) is 0 Å². The maximum absolute atomic E-state index is 13.6. The van der Waals surface area contributed by atoms with Crippen LogP contribution in [0.15, 0.2) is 82.7 Å². The topological polar surface area (TPSA) is 77.4 Å². The number of aliphatic imine (C=N–C) groups is 1. The van der Waals surface area contributed by atoms with Gasteiger partial charge in [-0.15, -0.1) is 0 Å². The number of hydrogen-bond donors (Lipinski definition) is 2. The number of benzene rings is 1. The largest absolute Gasteiger partial charge is 0.516 e. The first-order chi connectivity index (χ1) is 16.2. The first-order valence-electron chi connectivity index (χ1n) is 11.3. The number of fused-ring (bicyclic) bond motifs is 2. The third kappa shape index (κ3) is 4.00. The van der Waals surface area contributed by atoms with Crippen LogP contribution in [-0.4, -0.2) is 65.8 Å². The Balaban J connectivity index is 1.50. The van der Waals surface area contributed by atoms with Crippen molar-refractivity contribution in [3.05, 3.63) is 88.9 Å². The molecule has 2 saturated heterocycles. The summed E-state index contributed by atoms with van der Waals surface area (Å²) in [7, 11) is 0. The molecule has 7 nitrogen and oxygen atoms in total. The van der Waals surface area contributed by atoms with Crippen LogP contribution >= 0.6 is 0 Å². The number of ether oxygens (including phenoxy) is 1. The van der Waals surface area contributed by atoms with Crippen molar-refractivity contribution in [2.24, 2.45) is 4.99 Å². The maximum Gasteiger partial charge on any atom is 0.252 e. The zero-order valence-electron chi connectivity index (χ0n) is 18.5. The number of nitrogens with zero attached hydrogens (tertiary/aromatic N) is 3. The summed E-state index contributed by atoms with van der Waals surface area (Å²) in [5.74, 6) is 0.760. The van der Waals surface area contributed by atoms with Gasteiger partial charge >= 0.3 is 0 Å². The Labute approximate surface area is 193 Å². The smallest absolute Gasteiger partial charge is 0.252 e. The molecule has 0 radical (unpaired) electrons. The number of morpholine rings is 1. The van der Waals surface area contributed by atoms with Gasteiger partial charge < -0.3 is 25.0 Å². The molecule has 3 heterocycles. The average Bonchev–Trinajstić information content (AvgIpc) is 3.48. The molecule has 170 valence electrons. The second-order valence-corrected chi connectivity index (χ2v) is 8.42. The maximum atomic E-state index is 13.6. The third-order valence-electron chi connectivity index (χ3n) is 6.48. The minimum Gasteiger partial charge on any atom is -0.516 e. The molecule has 1 aliphatic carbocycles. The quantitative estimate of drug-likeness (QED) is 0.552. The minimum atomic E-state index is -0.378. The van der Waals surface area contributed by atoms with Crippen LogP contribution < -0.4 is 5.32 Å². The second-order valence-electron chi connectivity index (χ2n) is 8.42. The lowest BCUT2D eigenvalue weighted by Gasteiger charge is -2.36. The molecular formula is C26H28N4O3. The van der Waals surface area contributed by atoms with E-state index >= 15 is 0 Å². The Bertz CT molecular complexity index is 1120. The lowest BCUT2D eigenvalue weighted by molar-refractivity contribution is -0.127. The van der Waals surface area contributed by atoms with Crippen LogP contribution in [0.25, 0.3) is 6.08 Å². The number of carbonyl (C=O) groups excluding carboxylic acids is 1. The van der Waals surface area contributed by atoms with E-state index in [-0.39, 0.29) is 12.1 Å². The number of hydrogen-bond acceptors (Lipinski definition) is 6. The number of aliphatic hydroxyl groups is 1. The van der Waals surface area contributed by atoms with Gasteiger partial charge in [0, 0.05) is 42.8 Å². The predicted molar refractivity (Wildman–Crippen MR) is 128 cm³/mol. The molecule has 0 bridgehead atoms. The molecule has 1 amide bonds. The fourth-order valence-corrected chi connectivity index (χ4v) is 4.86. The SMILES string of the molecule is C=C/C=C(\C=C\O)C1=C2CCN(C(=O)C3=Cc4ccccc4C3)C2N=C(N2CCOCC2)N1. The number of amides is 1. The van der Waals surface area contributed by atoms with Gasteiger partial charge in [0.15, 0.2) is 6.17 Å². The predicted octanol–water partition coefficient (Wildman–Crippen LogP) is 2.91. The second kappa shape index (κ2) is 9.11. The number of guanidine groups is 1. The van der Waals surface area contributed by atoms with E-state index in [1.807, 2.05) is 29.2 Å². The fourth-order valence-electron chi connectivity index (χ4n) is 4.86. The molecule has 1 aromatic carbocycles. The number of aliphatic hydroxyl groups excluding tert-OH is 1. The van der Waals surface area contributed by atoms with E-state index in [9.17, 15) is 9.90 Å². The lowest BCUT2D eigenvalue weighted by Crippen LogP contribution is -2.51. The summed E-state index contributed by atoms with van der Waals surface area (Å²) in [4.78, 5) is 22.6. The molecule has 4 aliphatic rings. The standard InChI is InChI=1S/C26H28N4O3/c1-2-5-18(9-13-31)23-22-8-10-30(24(22)28-26(27-23)29-11-14-33-15-12-29)25(32)21-16-19-6-3-4-7-20(19)17-21/h2-7,9,13,16,24,31H,1,8,10-12,14-15,17H2,(H,27,28)/b13-9+,18-5+. The first-order valence-corrected chi connectivity index (χ1v) is 11.3. The van der Waals surface area contributed by atoms with E-state index in [2.05, 4.69) is 28.9 Å². The van der Waals surface area contributed by atoms with Gasteiger partial charge in [-0.1, -0.05) is 43.0 Å². The van der Waals surface area contributed by atoms with Crippen LogP contribution in [0.4, 0.5) is 0 Å². The Morgan fingerprint density at radius 3 is 2.82 bits per heavy atom. The Kier molecular flexibility index (Phi) is 5.88. The molecule has 1 atom stereocenters. The zero-order chi connectivity index (χ0) is 22.8. The van der Waals surface area contributed by atoms with Crippen molar-refractivity contribution in [1.82, 2.24) is 15.1 Å². The molecule has 1 aromatic rings. The highest BCUT2D eigenvalue weighted by atomic mass is 16.5. The van der Waals surface area contributed by atoms with Gasteiger partial charge in [0.25, 0.3) is 5.91 Å². The molecule has 2 N–H and O–H groups in total. The van der Waals surface area contributed by atoms with Crippen molar-refractivity contribution in [2.75, 3.05) is 32.8 Å². The van der Waals surface area contributed by atoms with Gasteiger partial charge in [-0.05, 0) is 29.7 Å². The van der Waals surface area contributed by atoms with E-state index in [0.717, 1.165) is 53.3 Å². The molecule has 5 rings (SSSR count). The molecule has 2 fully saturated rings. The molecule has 33 heavy (non-hydrogen) atoms. The van der Waals surface area contributed by atoms with Crippen LogP contribution in [-0.2, 0) is 16.0 Å². The van der Waals surface area contributed by atoms with Gasteiger partial charge in [0.05, 0.1) is 25.2 Å². The summed E-state index contributed by atoms with van der Waals surface area (Å²) in [5.41, 5.74) is 5.82. The Morgan fingerprint density at radius 2 is 2.06 bits per heavy atom. The number of likely N-dealkylation sites (tertiary alicyclic amines) is 1. The lowest BCUT2D eigenvalue weighted by atomic mass is 10.0. The summed E-state index contributed by atoms with van der Waals surface area (Å²) < 4.78 is 5.51. The fraction of sp³-hybridized carbons (Fsp3) is 0.308. The molecule has 7 heteroatoms. The van der Waals surface area contributed by atoms with Crippen LogP contribution in [0.3, 0.4) is 0 Å². The molecular weight excluding hydrogens is 416 g/mol. The molecule has 3 aliphatic heterocycles. The summed E-state index contributed by atoms with van der Waals surface area (Å²) >= 11 is 0. The first kappa shape index (κ1) is 21.3.